The monoisotopic (exact) mass is 358 g/mol. The van der Waals surface area contributed by atoms with Crippen LogP contribution in [-0.2, 0) is 6.54 Å². The number of fused-ring (bicyclic) bond motifs is 1. The molecule has 0 spiro atoms. The first kappa shape index (κ1) is 16.9. The Hall–Kier alpha value is -2.52. The van der Waals surface area contributed by atoms with Gasteiger partial charge in [0.2, 0.25) is 0 Å². The van der Waals surface area contributed by atoms with Crippen LogP contribution >= 0.6 is 11.8 Å². The highest BCUT2D eigenvalue weighted by molar-refractivity contribution is 7.98. The quantitative estimate of drug-likeness (QED) is 0.411. The van der Waals surface area contributed by atoms with Crippen molar-refractivity contribution in [2.24, 2.45) is 0 Å². The lowest BCUT2D eigenvalue weighted by Gasteiger charge is -2.12. The molecule has 0 aliphatic rings. The SMILES string of the molecule is CSc1ccc(-c2nccc3c(C)c(C)n(Cc4ccccc4)c23)cc1. The maximum absolute atomic E-state index is 4.76. The lowest BCUT2D eigenvalue weighted by molar-refractivity contribution is 0.800. The minimum atomic E-state index is 0.860. The van der Waals surface area contributed by atoms with Crippen LogP contribution in [0.2, 0.25) is 0 Å². The summed E-state index contributed by atoms with van der Waals surface area (Å²) in [5, 5.41) is 1.29. The topological polar surface area (TPSA) is 17.8 Å². The summed E-state index contributed by atoms with van der Waals surface area (Å²) in [6, 6.07) is 21.5. The zero-order valence-corrected chi connectivity index (χ0v) is 16.2. The van der Waals surface area contributed by atoms with Crippen molar-refractivity contribution < 1.29 is 0 Å². The third-order valence-corrected chi connectivity index (χ3v) is 5.84. The minimum Gasteiger partial charge on any atom is -0.338 e. The van der Waals surface area contributed by atoms with Crippen LogP contribution in [0.5, 0.6) is 0 Å². The molecule has 0 saturated carbocycles. The summed E-state index contributed by atoms with van der Waals surface area (Å²) in [6.45, 7) is 5.28. The van der Waals surface area contributed by atoms with Gasteiger partial charge in [0.15, 0.2) is 0 Å². The fourth-order valence-corrected chi connectivity index (χ4v) is 3.93. The Morgan fingerprint density at radius 3 is 2.35 bits per heavy atom. The maximum atomic E-state index is 4.76. The number of thioether (sulfide) groups is 1. The summed E-state index contributed by atoms with van der Waals surface area (Å²) in [6.07, 6.45) is 4.03. The van der Waals surface area contributed by atoms with Crippen LogP contribution < -0.4 is 0 Å². The van der Waals surface area contributed by atoms with E-state index >= 15 is 0 Å². The molecule has 0 saturated heterocycles. The van der Waals surface area contributed by atoms with E-state index in [0.29, 0.717) is 0 Å². The number of hydrogen-bond acceptors (Lipinski definition) is 2. The third kappa shape index (κ3) is 2.93. The van der Waals surface area contributed by atoms with Gasteiger partial charge in [0.25, 0.3) is 0 Å². The van der Waals surface area contributed by atoms with Gasteiger partial charge in [-0.2, -0.15) is 0 Å². The van der Waals surface area contributed by atoms with Crippen LogP contribution in [0.1, 0.15) is 16.8 Å². The second-order valence-corrected chi connectivity index (χ2v) is 7.45. The predicted molar refractivity (Wildman–Crippen MR) is 112 cm³/mol. The minimum absolute atomic E-state index is 0.860. The number of benzene rings is 2. The fourth-order valence-electron chi connectivity index (χ4n) is 3.52. The van der Waals surface area contributed by atoms with Gasteiger partial charge in [0, 0.05) is 34.3 Å². The molecule has 2 heterocycles. The highest BCUT2D eigenvalue weighted by atomic mass is 32.2. The Bertz CT molecular complexity index is 1050. The van der Waals surface area contributed by atoms with Crippen LogP contribution in [0, 0.1) is 13.8 Å². The van der Waals surface area contributed by atoms with Gasteiger partial charge in [-0.15, -0.1) is 11.8 Å². The lowest BCUT2D eigenvalue weighted by Crippen LogP contribution is -2.03. The maximum Gasteiger partial charge on any atom is 0.0945 e. The van der Waals surface area contributed by atoms with Gasteiger partial charge in [0.1, 0.15) is 0 Å². The van der Waals surface area contributed by atoms with Gasteiger partial charge < -0.3 is 4.57 Å². The number of aryl methyl sites for hydroxylation is 1. The van der Waals surface area contributed by atoms with E-state index in [4.69, 9.17) is 4.98 Å². The number of nitrogens with zero attached hydrogens (tertiary/aromatic N) is 2. The molecule has 0 radical (unpaired) electrons. The number of aromatic nitrogens is 2. The highest BCUT2D eigenvalue weighted by Gasteiger charge is 2.16. The van der Waals surface area contributed by atoms with Crippen LogP contribution in [-0.4, -0.2) is 15.8 Å². The summed E-state index contributed by atoms with van der Waals surface area (Å²) in [4.78, 5) is 6.03. The Morgan fingerprint density at radius 1 is 0.923 bits per heavy atom. The van der Waals surface area contributed by atoms with Gasteiger partial charge in [-0.1, -0.05) is 42.5 Å². The molecule has 0 unspecified atom stereocenters. The molecule has 2 aromatic carbocycles. The fraction of sp³-hybridized carbons (Fsp3) is 0.174. The van der Waals surface area contributed by atoms with Crippen molar-refractivity contribution in [1.29, 1.82) is 0 Å². The number of hydrogen-bond donors (Lipinski definition) is 0. The van der Waals surface area contributed by atoms with E-state index < -0.39 is 0 Å². The average Bonchev–Trinajstić information content (AvgIpc) is 2.94. The van der Waals surface area contributed by atoms with Crippen molar-refractivity contribution in [3.05, 3.63) is 83.7 Å². The van der Waals surface area contributed by atoms with Crippen molar-refractivity contribution >= 4 is 22.7 Å². The summed E-state index contributed by atoms with van der Waals surface area (Å²) in [5.41, 5.74) is 7.39. The summed E-state index contributed by atoms with van der Waals surface area (Å²) < 4.78 is 2.41. The zero-order valence-electron chi connectivity index (χ0n) is 15.4. The molecule has 2 nitrogen and oxygen atoms in total. The van der Waals surface area contributed by atoms with Crippen molar-refractivity contribution in [2.75, 3.05) is 6.26 Å². The number of pyridine rings is 1. The molecule has 4 rings (SSSR count). The summed E-state index contributed by atoms with van der Waals surface area (Å²) >= 11 is 1.76. The molecule has 4 aromatic rings. The number of rotatable bonds is 4. The van der Waals surface area contributed by atoms with Gasteiger partial charge in [-0.3, -0.25) is 4.98 Å². The molecule has 0 aliphatic carbocycles. The first-order valence-electron chi connectivity index (χ1n) is 8.82. The van der Waals surface area contributed by atoms with E-state index in [0.717, 1.165) is 12.2 Å². The Labute approximate surface area is 158 Å². The summed E-state index contributed by atoms with van der Waals surface area (Å²) in [5.74, 6) is 0. The molecular formula is C23H22N2S. The first-order valence-corrected chi connectivity index (χ1v) is 10.0. The molecule has 130 valence electrons. The van der Waals surface area contributed by atoms with Crippen molar-refractivity contribution in [3.8, 4) is 11.3 Å². The largest absolute Gasteiger partial charge is 0.338 e. The van der Waals surface area contributed by atoms with E-state index in [-0.39, 0.29) is 0 Å². The highest BCUT2D eigenvalue weighted by Crippen LogP contribution is 2.33. The molecule has 26 heavy (non-hydrogen) atoms. The van der Waals surface area contributed by atoms with E-state index in [9.17, 15) is 0 Å². The zero-order chi connectivity index (χ0) is 18.1. The Morgan fingerprint density at radius 2 is 1.65 bits per heavy atom. The molecule has 0 aliphatic heterocycles. The second kappa shape index (κ2) is 7.00. The van der Waals surface area contributed by atoms with E-state index in [1.165, 1.54) is 38.2 Å². The van der Waals surface area contributed by atoms with Gasteiger partial charge >= 0.3 is 0 Å². The van der Waals surface area contributed by atoms with Crippen LogP contribution in [0.3, 0.4) is 0 Å². The molecule has 0 fully saturated rings. The molecular weight excluding hydrogens is 336 g/mol. The first-order chi connectivity index (χ1) is 12.7. The van der Waals surface area contributed by atoms with Crippen molar-refractivity contribution in [2.45, 2.75) is 25.3 Å². The molecule has 0 N–H and O–H groups in total. The average molecular weight is 359 g/mol. The lowest BCUT2D eigenvalue weighted by atomic mass is 10.1. The molecule has 3 heteroatoms. The van der Waals surface area contributed by atoms with E-state index in [1.54, 1.807) is 11.8 Å². The van der Waals surface area contributed by atoms with Crippen molar-refractivity contribution in [1.82, 2.24) is 9.55 Å². The Kier molecular flexibility index (Phi) is 4.56. The van der Waals surface area contributed by atoms with E-state index in [2.05, 4.69) is 85.3 Å². The Balaban J connectivity index is 1.92. The van der Waals surface area contributed by atoms with Gasteiger partial charge in [-0.05, 0) is 49.4 Å². The van der Waals surface area contributed by atoms with Crippen LogP contribution in [0.4, 0.5) is 0 Å². The normalized spacial score (nSPS) is 11.2. The van der Waals surface area contributed by atoms with Crippen LogP contribution in [0.15, 0.2) is 71.8 Å². The predicted octanol–water partition coefficient (Wildman–Crippen LogP) is 6.09. The molecule has 0 atom stereocenters. The third-order valence-electron chi connectivity index (χ3n) is 5.09. The summed E-state index contributed by atoms with van der Waals surface area (Å²) in [7, 11) is 0. The second-order valence-electron chi connectivity index (χ2n) is 6.57. The van der Waals surface area contributed by atoms with Gasteiger partial charge in [0.05, 0.1) is 11.2 Å². The molecule has 2 aromatic heterocycles. The van der Waals surface area contributed by atoms with E-state index in [1.807, 2.05) is 6.20 Å². The van der Waals surface area contributed by atoms with Crippen molar-refractivity contribution in [3.63, 3.8) is 0 Å². The smallest absolute Gasteiger partial charge is 0.0945 e. The molecule has 0 amide bonds. The standard InChI is InChI=1S/C23H22N2S/c1-16-17(2)25(15-18-7-5-4-6-8-18)23-21(16)13-14-24-22(23)19-9-11-20(26-3)12-10-19/h4-14H,15H2,1-3H3. The van der Waals surface area contributed by atoms with Crippen LogP contribution in [0.25, 0.3) is 22.2 Å². The van der Waals surface area contributed by atoms with Gasteiger partial charge in [-0.25, -0.2) is 0 Å². The molecule has 0 bridgehead atoms.